The predicted octanol–water partition coefficient (Wildman–Crippen LogP) is 2.85. The lowest BCUT2D eigenvalue weighted by Crippen LogP contribution is -2.14. The third kappa shape index (κ3) is 3.32. The number of carbonyl (C=O) groups is 1. The summed E-state index contributed by atoms with van der Waals surface area (Å²) in [6, 6.07) is 3.29. The molecule has 0 aromatic carbocycles. The van der Waals surface area contributed by atoms with Gasteiger partial charge in [0.15, 0.2) is 11.3 Å². The van der Waals surface area contributed by atoms with Gasteiger partial charge in [-0.3, -0.25) is 0 Å². The number of ether oxygens (including phenoxy) is 2. The smallest absolute Gasteiger partial charge is 0.439 e. The van der Waals surface area contributed by atoms with Crippen LogP contribution >= 0.6 is 0 Å². The standard InChI is InChI=1S/C17H17N3O5/c1-4-11-7-12-14(8-18-16(23-3)15(12)24-11)25-17(21)19-13-5-6-20(22)9-10(13)2/h5-9,22H,4H2,1-3H3. The Morgan fingerprint density at radius 3 is 2.96 bits per heavy atom. The number of nitrogens with zero attached hydrogens (tertiary/aromatic N) is 3. The number of hydrogen-bond acceptors (Lipinski definition) is 6. The van der Waals surface area contributed by atoms with Gasteiger partial charge in [0.25, 0.3) is 5.88 Å². The van der Waals surface area contributed by atoms with E-state index in [1.807, 2.05) is 6.92 Å². The summed E-state index contributed by atoms with van der Waals surface area (Å²) >= 11 is 0. The zero-order valence-corrected chi connectivity index (χ0v) is 14.0. The number of methoxy groups -OCH3 is 1. The van der Waals surface area contributed by atoms with Crippen LogP contribution in [0.1, 0.15) is 18.2 Å². The van der Waals surface area contributed by atoms with Crippen LogP contribution in [0.15, 0.2) is 40.1 Å². The van der Waals surface area contributed by atoms with E-state index in [9.17, 15) is 10.0 Å². The number of pyridine rings is 2. The van der Waals surface area contributed by atoms with E-state index in [0.29, 0.717) is 34.2 Å². The van der Waals surface area contributed by atoms with Crippen LogP contribution in [0.5, 0.6) is 11.6 Å². The Balaban J connectivity index is 1.97. The average Bonchev–Trinajstić information content (AvgIpc) is 3.02. The Hall–Kier alpha value is -3.29. The van der Waals surface area contributed by atoms with Crippen LogP contribution < -0.4 is 14.8 Å². The second-order valence-electron chi connectivity index (χ2n) is 5.31. The third-order valence-corrected chi connectivity index (χ3v) is 3.61. The fourth-order valence-corrected chi connectivity index (χ4v) is 2.36. The van der Waals surface area contributed by atoms with Crippen molar-refractivity contribution in [2.75, 3.05) is 7.11 Å². The topological polar surface area (TPSA) is 99.1 Å². The molecule has 1 N–H and O–H groups in total. The first-order valence-corrected chi connectivity index (χ1v) is 7.62. The SMILES string of the molecule is CCc1cc2c(OC(=O)N=c3ccn(O)cc3C)cnc(OC)c2o1. The summed E-state index contributed by atoms with van der Waals surface area (Å²) in [6.07, 6.45) is 4.08. The van der Waals surface area contributed by atoms with Crippen molar-refractivity contribution in [1.29, 1.82) is 0 Å². The van der Waals surface area contributed by atoms with Gasteiger partial charge in [0.1, 0.15) is 5.76 Å². The molecule has 0 aliphatic rings. The van der Waals surface area contributed by atoms with Crippen molar-refractivity contribution >= 4 is 17.1 Å². The average molecular weight is 343 g/mol. The molecule has 0 aliphatic carbocycles. The van der Waals surface area contributed by atoms with Gasteiger partial charge < -0.3 is 19.1 Å². The zero-order valence-electron chi connectivity index (χ0n) is 14.0. The Bertz CT molecular complexity index is 1000. The molecule has 0 bridgehead atoms. The van der Waals surface area contributed by atoms with E-state index in [4.69, 9.17) is 13.9 Å². The van der Waals surface area contributed by atoms with Gasteiger partial charge in [-0.15, -0.1) is 0 Å². The number of amides is 1. The molecule has 0 saturated carbocycles. The number of aryl methyl sites for hydroxylation is 2. The van der Waals surface area contributed by atoms with Crippen molar-refractivity contribution < 1.29 is 23.9 Å². The van der Waals surface area contributed by atoms with Gasteiger partial charge in [-0.25, -0.2) is 14.5 Å². The van der Waals surface area contributed by atoms with E-state index in [1.165, 1.54) is 31.8 Å². The van der Waals surface area contributed by atoms with Gasteiger partial charge in [0.2, 0.25) is 0 Å². The Kier molecular flexibility index (Phi) is 4.42. The molecule has 0 fully saturated rings. The summed E-state index contributed by atoms with van der Waals surface area (Å²) in [7, 11) is 1.49. The first-order chi connectivity index (χ1) is 12.0. The second-order valence-corrected chi connectivity index (χ2v) is 5.31. The molecule has 3 aromatic rings. The highest BCUT2D eigenvalue weighted by Gasteiger charge is 2.16. The minimum atomic E-state index is -0.800. The molecule has 8 heteroatoms. The largest absolute Gasteiger partial charge is 0.478 e. The molecule has 0 aliphatic heterocycles. The van der Waals surface area contributed by atoms with Crippen LogP contribution in [-0.4, -0.2) is 28.1 Å². The van der Waals surface area contributed by atoms with Crippen LogP contribution in [0.4, 0.5) is 4.79 Å². The van der Waals surface area contributed by atoms with Gasteiger partial charge in [-0.05, 0) is 24.6 Å². The monoisotopic (exact) mass is 343 g/mol. The van der Waals surface area contributed by atoms with Crippen molar-refractivity contribution in [2.24, 2.45) is 4.99 Å². The summed E-state index contributed by atoms with van der Waals surface area (Å²) in [4.78, 5) is 20.1. The molecule has 8 nitrogen and oxygen atoms in total. The molecular formula is C17H17N3O5. The van der Waals surface area contributed by atoms with E-state index < -0.39 is 6.09 Å². The molecule has 0 atom stereocenters. The van der Waals surface area contributed by atoms with Crippen LogP contribution in [0.3, 0.4) is 0 Å². The van der Waals surface area contributed by atoms with Gasteiger partial charge in [0, 0.05) is 18.8 Å². The highest BCUT2D eigenvalue weighted by Crippen LogP contribution is 2.34. The van der Waals surface area contributed by atoms with Gasteiger partial charge in [0.05, 0.1) is 24.1 Å². The van der Waals surface area contributed by atoms with Crippen LogP contribution in [-0.2, 0) is 6.42 Å². The van der Waals surface area contributed by atoms with E-state index in [-0.39, 0.29) is 5.75 Å². The van der Waals surface area contributed by atoms with Gasteiger partial charge >= 0.3 is 6.09 Å². The quantitative estimate of drug-likeness (QED) is 0.734. The Morgan fingerprint density at radius 1 is 1.48 bits per heavy atom. The molecule has 25 heavy (non-hydrogen) atoms. The second kappa shape index (κ2) is 6.68. The van der Waals surface area contributed by atoms with E-state index in [2.05, 4.69) is 9.98 Å². The van der Waals surface area contributed by atoms with E-state index in [0.717, 1.165) is 10.5 Å². The highest BCUT2D eigenvalue weighted by molar-refractivity contribution is 5.90. The number of aromatic nitrogens is 2. The number of hydrogen-bond donors (Lipinski definition) is 1. The first kappa shape index (κ1) is 16.6. The molecule has 3 aromatic heterocycles. The van der Waals surface area contributed by atoms with Crippen LogP contribution in [0.2, 0.25) is 0 Å². The Labute approximate surface area is 142 Å². The fourth-order valence-electron chi connectivity index (χ4n) is 2.36. The van der Waals surface area contributed by atoms with Crippen LogP contribution in [0, 0.1) is 6.92 Å². The molecule has 3 rings (SSSR count). The number of rotatable bonds is 3. The van der Waals surface area contributed by atoms with Gasteiger partial charge in [-0.1, -0.05) is 6.92 Å². The molecule has 0 saturated heterocycles. The van der Waals surface area contributed by atoms with Crippen molar-refractivity contribution in [3.05, 3.63) is 47.4 Å². The van der Waals surface area contributed by atoms with Crippen molar-refractivity contribution in [1.82, 2.24) is 9.71 Å². The molecule has 0 spiro atoms. The normalized spacial score (nSPS) is 11.7. The first-order valence-electron chi connectivity index (χ1n) is 7.62. The molecule has 130 valence electrons. The van der Waals surface area contributed by atoms with Gasteiger partial charge in [-0.2, -0.15) is 4.99 Å². The number of carbonyl (C=O) groups excluding carboxylic acids is 1. The van der Waals surface area contributed by atoms with Crippen LogP contribution in [0.25, 0.3) is 11.0 Å². The highest BCUT2D eigenvalue weighted by atomic mass is 16.6. The lowest BCUT2D eigenvalue weighted by atomic mass is 10.2. The molecular weight excluding hydrogens is 326 g/mol. The molecule has 3 heterocycles. The van der Waals surface area contributed by atoms with E-state index in [1.54, 1.807) is 13.0 Å². The van der Waals surface area contributed by atoms with Crippen molar-refractivity contribution in [2.45, 2.75) is 20.3 Å². The maximum Gasteiger partial charge on any atom is 0.439 e. The predicted molar refractivity (Wildman–Crippen MR) is 87.9 cm³/mol. The Morgan fingerprint density at radius 2 is 2.28 bits per heavy atom. The lowest BCUT2D eigenvalue weighted by Gasteiger charge is -2.04. The molecule has 1 amide bonds. The molecule has 0 unspecified atom stereocenters. The summed E-state index contributed by atoms with van der Waals surface area (Å²) in [5.41, 5.74) is 1.04. The summed E-state index contributed by atoms with van der Waals surface area (Å²) in [5, 5.41) is 10.3. The summed E-state index contributed by atoms with van der Waals surface area (Å²) in [5.74, 6) is 1.28. The maximum atomic E-state index is 12.1. The fraction of sp³-hybridized carbons (Fsp3) is 0.235. The van der Waals surface area contributed by atoms with Crippen molar-refractivity contribution in [3.63, 3.8) is 0 Å². The minimum Gasteiger partial charge on any atom is -0.478 e. The number of furan rings is 1. The summed E-state index contributed by atoms with van der Waals surface area (Å²) < 4.78 is 17.0. The lowest BCUT2D eigenvalue weighted by molar-refractivity contribution is 0.183. The maximum absolute atomic E-state index is 12.1. The zero-order chi connectivity index (χ0) is 18.0. The third-order valence-electron chi connectivity index (χ3n) is 3.61. The van der Waals surface area contributed by atoms with Crippen molar-refractivity contribution in [3.8, 4) is 11.6 Å². The summed E-state index contributed by atoms with van der Waals surface area (Å²) in [6.45, 7) is 3.67. The number of fused-ring (bicyclic) bond motifs is 1. The van der Waals surface area contributed by atoms with E-state index >= 15 is 0 Å². The minimum absolute atomic E-state index is 0.235. The molecule has 0 radical (unpaired) electrons.